The molecule has 2 fully saturated rings. The first-order chi connectivity index (χ1) is 10.1. The first-order valence-corrected chi connectivity index (χ1v) is 8.40. The Balaban J connectivity index is 1.97. The predicted molar refractivity (Wildman–Crippen MR) is 84.3 cm³/mol. The lowest BCUT2D eigenvalue weighted by Crippen LogP contribution is -2.55. The number of hydrogen-bond donors (Lipinski definition) is 1. The summed E-state index contributed by atoms with van der Waals surface area (Å²) in [6, 6.07) is 1.11. The lowest BCUT2D eigenvalue weighted by atomic mass is 9.97. The maximum Gasteiger partial charge on any atom is 0.326 e. The lowest BCUT2D eigenvalue weighted by Gasteiger charge is -2.42. The van der Waals surface area contributed by atoms with Gasteiger partial charge < -0.3 is 10.1 Å². The molecule has 122 valence electrons. The number of likely N-dealkylation sites (N-methyl/N-ethyl adjacent to an activating group) is 2. The van der Waals surface area contributed by atoms with E-state index in [4.69, 9.17) is 4.74 Å². The molecule has 0 amide bonds. The molecule has 0 aromatic carbocycles. The number of esters is 1. The van der Waals surface area contributed by atoms with Crippen LogP contribution in [0.4, 0.5) is 0 Å². The Hall–Kier alpha value is -0.650. The summed E-state index contributed by atoms with van der Waals surface area (Å²) in [7, 11) is 1.89. The van der Waals surface area contributed by atoms with Crippen LogP contribution < -0.4 is 5.32 Å². The van der Waals surface area contributed by atoms with Gasteiger partial charge >= 0.3 is 5.97 Å². The summed E-state index contributed by atoms with van der Waals surface area (Å²) in [6.45, 7) is 11.4. The van der Waals surface area contributed by atoms with Crippen molar-refractivity contribution in [2.75, 3.05) is 39.8 Å². The summed E-state index contributed by atoms with van der Waals surface area (Å²) in [5, 5.41) is 3.25. The van der Waals surface area contributed by atoms with E-state index in [0.717, 1.165) is 45.4 Å². The maximum absolute atomic E-state index is 12.3. The number of carbonyl (C=O) groups is 1. The molecule has 0 aromatic rings. The average molecular weight is 297 g/mol. The lowest BCUT2D eigenvalue weighted by molar-refractivity contribution is -0.151. The fourth-order valence-electron chi connectivity index (χ4n) is 3.94. The smallest absolute Gasteiger partial charge is 0.326 e. The second-order valence-electron chi connectivity index (χ2n) is 6.42. The number of carbonyl (C=O) groups excluding carboxylic acids is 1. The highest BCUT2D eigenvalue weighted by Crippen LogP contribution is 2.34. The van der Waals surface area contributed by atoms with Gasteiger partial charge in [0.05, 0.1) is 6.61 Å². The Morgan fingerprint density at radius 2 is 2.14 bits per heavy atom. The van der Waals surface area contributed by atoms with Crippen molar-refractivity contribution in [3.8, 4) is 0 Å². The van der Waals surface area contributed by atoms with E-state index in [2.05, 4.69) is 29.0 Å². The third-order valence-electron chi connectivity index (χ3n) is 5.35. The second kappa shape index (κ2) is 7.07. The molecule has 21 heavy (non-hydrogen) atoms. The minimum absolute atomic E-state index is 0.0738. The van der Waals surface area contributed by atoms with Gasteiger partial charge in [-0.2, -0.15) is 0 Å². The number of rotatable bonds is 5. The van der Waals surface area contributed by atoms with Crippen molar-refractivity contribution >= 4 is 5.97 Å². The van der Waals surface area contributed by atoms with E-state index >= 15 is 0 Å². The molecule has 2 rings (SSSR count). The summed E-state index contributed by atoms with van der Waals surface area (Å²) in [5.41, 5.74) is -0.466. The normalized spacial score (nSPS) is 35.0. The van der Waals surface area contributed by atoms with Gasteiger partial charge in [0.15, 0.2) is 0 Å². The van der Waals surface area contributed by atoms with Crippen molar-refractivity contribution in [1.82, 2.24) is 15.1 Å². The van der Waals surface area contributed by atoms with Crippen LogP contribution in [-0.4, -0.2) is 73.2 Å². The van der Waals surface area contributed by atoms with E-state index in [9.17, 15) is 4.79 Å². The van der Waals surface area contributed by atoms with E-state index in [-0.39, 0.29) is 5.97 Å². The summed E-state index contributed by atoms with van der Waals surface area (Å²) in [5.74, 6) is -0.0738. The zero-order valence-electron chi connectivity index (χ0n) is 14.0. The Kier molecular flexibility index (Phi) is 5.63. The summed E-state index contributed by atoms with van der Waals surface area (Å²) < 4.78 is 5.28. The van der Waals surface area contributed by atoms with Crippen LogP contribution in [0.2, 0.25) is 0 Å². The van der Waals surface area contributed by atoms with Gasteiger partial charge in [-0.3, -0.25) is 14.6 Å². The zero-order chi connectivity index (χ0) is 15.5. The van der Waals surface area contributed by atoms with Crippen LogP contribution in [0.25, 0.3) is 0 Å². The largest absolute Gasteiger partial charge is 0.465 e. The van der Waals surface area contributed by atoms with Gasteiger partial charge in [0, 0.05) is 31.7 Å². The predicted octanol–water partition coefficient (Wildman–Crippen LogP) is 1.09. The van der Waals surface area contributed by atoms with Crippen molar-refractivity contribution in [3.63, 3.8) is 0 Å². The highest BCUT2D eigenvalue weighted by atomic mass is 16.5. The zero-order valence-corrected chi connectivity index (χ0v) is 14.0. The number of piperazine rings is 1. The number of nitrogens with one attached hydrogen (secondary N) is 1. The average Bonchev–Trinajstić information content (AvgIpc) is 2.93. The molecule has 0 bridgehead atoms. The Labute approximate surface area is 129 Å². The molecule has 5 heteroatoms. The second-order valence-corrected chi connectivity index (χ2v) is 6.42. The molecule has 1 saturated carbocycles. The van der Waals surface area contributed by atoms with Crippen LogP contribution in [0.15, 0.2) is 0 Å². The van der Waals surface area contributed by atoms with Crippen LogP contribution >= 0.6 is 0 Å². The van der Waals surface area contributed by atoms with Crippen molar-refractivity contribution in [2.45, 2.75) is 57.7 Å². The van der Waals surface area contributed by atoms with Gasteiger partial charge in [-0.15, -0.1) is 0 Å². The molecule has 1 N–H and O–H groups in total. The van der Waals surface area contributed by atoms with Crippen molar-refractivity contribution in [3.05, 3.63) is 0 Å². The van der Waals surface area contributed by atoms with E-state index in [0.29, 0.717) is 18.7 Å². The third-order valence-corrected chi connectivity index (χ3v) is 5.35. The monoisotopic (exact) mass is 297 g/mol. The highest BCUT2D eigenvalue weighted by Gasteiger charge is 2.47. The first-order valence-electron chi connectivity index (χ1n) is 8.40. The number of nitrogens with zero attached hydrogens (tertiary/aromatic N) is 2. The molecule has 0 aromatic heterocycles. The Morgan fingerprint density at radius 3 is 2.71 bits per heavy atom. The fraction of sp³-hybridized carbons (Fsp3) is 0.938. The quantitative estimate of drug-likeness (QED) is 0.770. The molecule has 3 atom stereocenters. The fourth-order valence-corrected chi connectivity index (χ4v) is 3.94. The van der Waals surface area contributed by atoms with Gasteiger partial charge in [-0.05, 0) is 46.7 Å². The van der Waals surface area contributed by atoms with Gasteiger partial charge in [-0.25, -0.2) is 0 Å². The molecule has 1 aliphatic heterocycles. The molecule has 1 aliphatic carbocycles. The molecule has 3 unspecified atom stereocenters. The van der Waals surface area contributed by atoms with Gasteiger partial charge in [-0.1, -0.05) is 6.92 Å². The Bertz CT molecular complexity index is 363. The van der Waals surface area contributed by atoms with Crippen LogP contribution in [0.3, 0.4) is 0 Å². The molecule has 1 saturated heterocycles. The molecule has 0 radical (unpaired) electrons. The molecular weight excluding hydrogens is 266 g/mol. The molecule has 2 aliphatic rings. The molecule has 5 nitrogen and oxygen atoms in total. The van der Waals surface area contributed by atoms with Crippen LogP contribution in [0.1, 0.15) is 40.0 Å². The third kappa shape index (κ3) is 3.41. The molecular formula is C16H31N3O2. The summed E-state index contributed by atoms with van der Waals surface area (Å²) >= 11 is 0. The van der Waals surface area contributed by atoms with E-state index in [1.54, 1.807) is 0 Å². The first kappa shape index (κ1) is 16.7. The minimum atomic E-state index is -0.466. The molecule has 1 heterocycles. The van der Waals surface area contributed by atoms with Crippen LogP contribution in [0, 0.1) is 0 Å². The highest BCUT2D eigenvalue weighted by molar-refractivity contribution is 5.81. The van der Waals surface area contributed by atoms with E-state index in [1.807, 2.05) is 14.0 Å². The SMILES string of the molecule is CCOC(=O)C1(NC)CCC(N2CCN(CC)C(C)C2)C1. The summed E-state index contributed by atoms with van der Waals surface area (Å²) in [6.07, 6.45) is 2.84. The van der Waals surface area contributed by atoms with E-state index < -0.39 is 5.54 Å². The van der Waals surface area contributed by atoms with Gasteiger partial charge in [0.1, 0.15) is 5.54 Å². The number of hydrogen-bond acceptors (Lipinski definition) is 5. The standard InChI is InChI=1S/C16H31N3O2/c1-5-18-9-10-19(12-13(18)3)14-7-8-16(11-14,17-4)15(20)21-6-2/h13-14,17H,5-12H2,1-4H3. The van der Waals surface area contributed by atoms with Gasteiger partial charge in [0.2, 0.25) is 0 Å². The van der Waals surface area contributed by atoms with Gasteiger partial charge in [0.25, 0.3) is 0 Å². The number of ether oxygens (including phenoxy) is 1. The minimum Gasteiger partial charge on any atom is -0.465 e. The molecule has 0 spiro atoms. The topological polar surface area (TPSA) is 44.8 Å². The Morgan fingerprint density at radius 1 is 1.38 bits per heavy atom. The van der Waals surface area contributed by atoms with E-state index in [1.165, 1.54) is 0 Å². The van der Waals surface area contributed by atoms with Crippen LogP contribution in [0.5, 0.6) is 0 Å². The van der Waals surface area contributed by atoms with Crippen molar-refractivity contribution in [1.29, 1.82) is 0 Å². The maximum atomic E-state index is 12.3. The van der Waals surface area contributed by atoms with Crippen molar-refractivity contribution < 1.29 is 9.53 Å². The van der Waals surface area contributed by atoms with Crippen LogP contribution in [-0.2, 0) is 9.53 Å². The van der Waals surface area contributed by atoms with Crippen molar-refractivity contribution in [2.24, 2.45) is 0 Å². The summed E-state index contributed by atoms with van der Waals surface area (Å²) in [4.78, 5) is 17.4.